The van der Waals surface area contributed by atoms with Crippen molar-refractivity contribution in [3.05, 3.63) is 58.1 Å². The first-order valence-electron chi connectivity index (χ1n) is 6.72. The van der Waals surface area contributed by atoms with Crippen molar-refractivity contribution in [1.29, 1.82) is 0 Å². The highest BCUT2D eigenvalue weighted by molar-refractivity contribution is 6.34. The number of hydrazine groups is 1. The Hall–Kier alpha value is -2.38. The van der Waals surface area contributed by atoms with Crippen molar-refractivity contribution in [2.75, 3.05) is 0 Å². The lowest BCUT2D eigenvalue weighted by Crippen LogP contribution is -2.47. The summed E-state index contributed by atoms with van der Waals surface area (Å²) in [6, 6.07) is 8.47. The molecule has 0 bridgehead atoms. The number of carbonyl (C=O) groups is 2. The van der Waals surface area contributed by atoms with Gasteiger partial charge in [0.1, 0.15) is 10.8 Å². The number of pyridine rings is 1. The minimum Gasteiger partial charge on any atom is -0.478 e. The summed E-state index contributed by atoms with van der Waals surface area (Å²) in [5, 5.41) is 0.147. The summed E-state index contributed by atoms with van der Waals surface area (Å²) in [4.78, 5) is 27.6. The Bertz CT molecular complexity index is 773. The van der Waals surface area contributed by atoms with E-state index in [0.29, 0.717) is 0 Å². The summed E-state index contributed by atoms with van der Waals surface area (Å²) in [6.07, 6.45) is -1.05. The lowest BCUT2D eigenvalue weighted by molar-refractivity contribution is -0.128. The fourth-order valence-electron chi connectivity index (χ4n) is 1.64. The molecule has 1 atom stereocenters. The van der Waals surface area contributed by atoms with Crippen molar-refractivity contribution in [2.45, 2.75) is 13.0 Å². The van der Waals surface area contributed by atoms with Crippen LogP contribution in [0.5, 0.6) is 5.75 Å². The van der Waals surface area contributed by atoms with Gasteiger partial charge in [0.2, 0.25) is 0 Å². The van der Waals surface area contributed by atoms with E-state index in [4.69, 9.17) is 27.9 Å². The lowest BCUT2D eigenvalue weighted by Gasteiger charge is -2.15. The van der Waals surface area contributed by atoms with Gasteiger partial charge in [0.05, 0.1) is 5.02 Å². The molecule has 6 nitrogen and oxygen atoms in total. The largest absolute Gasteiger partial charge is 0.478 e. The number of halogens is 3. The first kappa shape index (κ1) is 18.0. The maximum absolute atomic E-state index is 13.5. The number of hydrogen-bond acceptors (Lipinski definition) is 4. The van der Waals surface area contributed by atoms with Gasteiger partial charge in [-0.2, -0.15) is 0 Å². The highest BCUT2D eigenvalue weighted by atomic mass is 35.5. The summed E-state index contributed by atoms with van der Waals surface area (Å²) in [7, 11) is 0. The third-order valence-electron chi connectivity index (χ3n) is 2.84. The molecule has 0 saturated carbocycles. The molecule has 24 heavy (non-hydrogen) atoms. The number of ether oxygens (including phenoxy) is 1. The quantitative estimate of drug-likeness (QED) is 0.639. The van der Waals surface area contributed by atoms with Crippen molar-refractivity contribution in [1.82, 2.24) is 15.8 Å². The van der Waals surface area contributed by atoms with Crippen LogP contribution in [-0.2, 0) is 4.79 Å². The van der Waals surface area contributed by atoms with Gasteiger partial charge in [-0.15, -0.1) is 0 Å². The molecule has 2 rings (SSSR count). The average Bonchev–Trinajstić information content (AvgIpc) is 2.56. The highest BCUT2D eigenvalue weighted by Gasteiger charge is 2.19. The van der Waals surface area contributed by atoms with Crippen LogP contribution in [0.1, 0.15) is 17.4 Å². The van der Waals surface area contributed by atoms with Gasteiger partial charge in [0, 0.05) is 0 Å². The lowest BCUT2D eigenvalue weighted by atomic mass is 10.3. The van der Waals surface area contributed by atoms with Gasteiger partial charge >= 0.3 is 0 Å². The van der Waals surface area contributed by atoms with Gasteiger partial charge < -0.3 is 4.74 Å². The SMILES string of the molecule is CC(Oc1ccccc1F)C(=O)NNC(=O)c1nc(Cl)ccc1Cl. The van der Waals surface area contributed by atoms with E-state index in [1.807, 2.05) is 0 Å². The van der Waals surface area contributed by atoms with Crippen LogP contribution in [0.15, 0.2) is 36.4 Å². The second kappa shape index (κ2) is 7.94. The van der Waals surface area contributed by atoms with Gasteiger partial charge in [-0.25, -0.2) is 9.37 Å². The first-order valence-corrected chi connectivity index (χ1v) is 7.47. The van der Waals surface area contributed by atoms with Crippen LogP contribution in [0.4, 0.5) is 4.39 Å². The number of rotatable bonds is 4. The van der Waals surface area contributed by atoms with Gasteiger partial charge in [-0.1, -0.05) is 35.3 Å². The number of nitrogens with one attached hydrogen (secondary N) is 2. The fraction of sp³-hybridized carbons (Fsp3) is 0.133. The van der Waals surface area contributed by atoms with Crippen molar-refractivity contribution in [2.24, 2.45) is 0 Å². The van der Waals surface area contributed by atoms with Crippen molar-refractivity contribution in [3.63, 3.8) is 0 Å². The van der Waals surface area contributed by atoms with Crippen LogP contribution in [0.25, 0.3) is 0 Å². The van der Waals surface area contributed by atoms with E-state index in [2.05, 4.69) is 15.8 Å². The van der Waals surface area contributed by atoms with Gasteiger partial charge in [0.25, 0.3) is 11.8 Å². The zero-order chi connectivity index (χ0) is 17.7. The number of para-hydroxylation sites is 1. The second-order valence-corrected chi connectivity index (χ2v) is 5.39. The molecule has 1 aromatic heterocycles. The Balaban J connectivity index is 1.93. The van der Waals surface area contributed by atoms with Gasteiger partial charge in [0.15, 0.2) is 17.7 Å². The van der Waals surface area contributed by atoms with Crippen molar-refractivity contribution in [3.8, 4) is 5.75 Å². The molecule has 0 aliphatic rings. The molecule has 2 amide bonds. The van der Waals surface area contributed by atoms with Crippen LogP contribution < -0.4 is 15.6 Å². The Morgan fingerprint density at radius 2 is 1.88 bits per heavy atom. The fourth-order valence-corrected chi connectivity index (χ4v) is 1.98. The van der Waals surface area contributed by atoms with Gasteiger partial charge in [-0.3, -0.25) is 20.4 Å². The molecule has 2 aromatic rings. The van der Waals surface area contributed by atoms with Crippen LogP contribution in [0.2, 0.25) is 10.2 Å². The molecular weight excluding hydrogens is 360 g/mol. The smallest absolute Gasteiger partial charge is 0.289 e. The summed E-state index contributed by atoms with van der Waals surface area (Å²) in [5.74, 6) is -2.12. The molecule has 1 aromatic carbocycles. The van der Waals surface area contributed by atoms with E-state index in [-0.39, 0.29) is 21.6 Å². The molecule has 1 heterocycles. The number of nitrogens with zero attached hydrogens (tertiary/aromatic N) is 1. The second-order valence-electron chi connectivity index (χ2n) is 4.60. The third kappa shape index (κ3) is 4.56. The molecule has 2 N–H and O–H groups in total. The predicted molar refractivity (Wildman–Crippen MR) is 86.4 cm³/mol. The monoisotopic (exact) mass is 371 g/mol. The van der Waals surface area contributed by atoms with E-state index in [9.17, 15) is 14.0 Å². The number of aromatic nitrogens is 1. The van der Waals surface area contributed by atoms with Gasteiger partial charge in [-0.05, 0) is 31.2 Å². The Labute approximate surface area is 146 Å². The average molecular weight is 372 g/mol. The van der Waals surface area contributed by atoms with Crippen molar-refractivity contribution >= 4 is 35.0 Å². The topological polar surface area (TPSA) is 80.3 Å². The molecule has 9 heteroatoms. The molecule has 0 aliphatic heterocycles. The maximum Gasteiger partial charge on any atom is 0.289 e. The van der Waals surface area contributed by atoms with E-state index in [1.165, 1.54) is 37.3 Å². The molecular formula is C15H12Cl2FN3O3. The number of amides is 2. The highest BCUT2D eigenvalue weighted by Crippen LogP contribution is 2.17. The predicted octanol–water partition coefficient (Wildman–Crippen LogP) is 2.76. The summed E-state index contributed by atoms with van der Waals surface area (Å²) < 4.78 is 18.7. The van der Waals surface area contributed by atoms with Crippen molar-refractivity contribution < 1.29 is 18.7 Å². The summed E-state index contributed by atoms with van der Waals surface area (Å²) >= 11 is 11.5. The van der Waals surface area contributed by atoms with Crippen LogP contribution in [-0.4, -0.2) is 22.9 Å². The molecule has 0 spiro atoms. The Kier molecular flexibility index (Phi) is 5.94. The Morgan fingerprint density at radius 1 is 1.17 bits per heavy atom. The molecule has 0 fully saturated rings. The zero-order valence-electron chi connectivity index (χ0n) is 12.3. The van der Waals surface area contributed by atoms with Crippen LogP contribution in [0.3, 0.4) is 0 Å². The molecule has 0 saturated heterocycles. The first-order chi connectivity index (χ1) is 11.4. The van der Waals surface area contributed by atoms with E-state index < -0.39 is 23.7 Å². The summed E-state index contributed by atoms with van der Waals surface area (Å²) in [6.45, 7) is 1.40. The Morgan fingerprint density at radius 3 is 2.58 bits per heavy atom. The summed E-state index contributed by atoms with van der Waals surface area (Å²) in [5.41, 5.74) is 4.12. The minimum atomic E-state index is -1.05. The zero-order valence-corrected chi connectivity index (χ0v) is 13.9. The van der Waals surface area contributed by atoms with E-state index in [0.717, 1.165) is 0 Å². The maximum atomic E-state index is 13.5. The molecule has 0 radical (unpaired) electrons. The van der Waals surface area contributed by atoms with Crippen LogP contribution >= 0.6 is 23.2 Å². The molecule has 1 unspecified atom stereocenters. The number of hydrogen-bond donors (Lipinski definition) is 2. The molecule has 126 valence electrons. The number of carbonyl (C=O) groups excluding carboxylic acids is 2. The van der Waals surface area contributed by atoms with Crippen LogP contribution in [0, 0.1) is 5.82 Å². The normalized spacial score (nSPS) is 11.5. The standard InChI is InChI=1S/C15H12Cl2FN3O3/c1-8(24-11-5-3-2-4-10(11)18)14(22)20-21-15(23)13-9(16)6-7-12(17)19-13/h2-8H,1H3,(H,20,22)(H,21,23). The third-order valence-corrected chi connectivity index (χ3v) is 3.35. The van der Waals surface area contributed by atoms with E-state index in [1.54, 1.807) is 6.07 Å². The minimum absolute atomic E-state index is 0.0711. The molecule has 0 aliphatic carbocycles. The van der Waals surface area contributed by atoms with E-state index >= 15 is 0 Å². The number of benzene rings is 1.